The van der Waals surface area contributed by atoms with E-state index in [0.717, 1.165) is 32.1 Å². The second kappa shape index (κ2) is 48.5. The first-order chi connectivity index (χ1) is 28.9. The number of hydrogen-bond acceptors (Lipinski definition) is 7. The van der Waals surface area contributed by atoms with Gasteiger partial charge in [0.15, 0.2) is 0 Å². The van der Waals surface area contributed by atoms with Crippen LogP contribution in [-0.4, -0.2) is 49.9 Å². The molecule has 0 aromatic heterocycles. The minimum atomic E-state index is -4.27. The minimum Gasteiger partial charge on any atom is -0.457 e. The number of hydrogen-bond donors (Lipinski definition) is 2. The van der Waals surface area contributed by atoms with Crippen LogP contribution in [0.2, 0.25) is 0 Å². The quantitative estimate of drug-likeness (QED) is 0.0353. The SMILES string of the molecule is CCCCCCCCCCCCCCCCCCCCCCOC[C@H](COP(=O)(O)OCCN)OC(=O)CCCCCCCCCCCCCCCCCCCCCC. The molecule has 0 fully saturated rings. The van der Waals surface area contributed by atoms with Gasteiger partial charge in [0.1, 0.15) is 6.10 Å². The van der Waals surface area contributed by atoms with Crippen LogP contribution in [0.1, 0.15) is 277 Å². The van der Waals surface area contributed by atoms with Gasteiger partial charge in [0, 0.05) is 19.6 Å². The Morgan fingerprint density at radius 3 is 1.07 bits per heavy atom. The Morgan fingerprint density at radius 1 is 0.441 bits per heavy atom. The van der Waals surface area contributed by atoms with E-state index in [1.807, 2.05) is 0 Å². The van der Waals surface area contributed by atoms with E-state index in [0.29, 0.717) is 13.0 Å². The number of ether oxygens (including phenoxy) is 2. The van der Waals surface area contributed by atoms with Crippen LogP contribution < -0.4 is 5.73 Å². The highest BCUT2D eigenvalue weighted by atomic mass is 31.2. The lowest BCUT2D eigenvalue weighted by molar-refractivity contribution is -0.154. The van der Waals surface area contributed by atoms with Gasteiger partial charge in [0.05, 0.1) is 19.8 Å². The number of phosphoric ester groups is 1. The van der Waals surface area contributed by atoms with E-state index in [-0.39, 0.29) is 32.3 Å². The largest absolute Gasteiger partial charge is 0.472 e. The third kappa shape index (κ3) is 48.4. The molecule has 0 aromatic rings. The third-order valence-corrected chi connectivity index (χ3v) is 12.8. The summed E-state index contributed by atoms with van der Waals surface area (Å²) in [6.45, 7) is 5.01. The number of nitrogens with two attached hydrogens (primary N) is 1. The van der Waals surface area contributed by atoms with Gasteiger partial charge in [-0.1, -0.05) is 258 Å². The first kappa shape index (κ1) is 58.5. The van der Waals surface area contributed by atoms with Crippen LogP contribution in [-0.2, 0) is 27.9 Å². The van der Waals surface area contributed by atoms with Gasteiger partial charge in [-0.25, -0.2) is 4.57 Å². The number of rotatable bonds is 51. The summed E-state index contributed by atoms with van der Waals surface area (Å²) in [6, 6.07) is 0. The van der Waals surface area contributed by atoms with Gasteiger partial charge in [-0.05, 0) is 12.8 Å². The average molecular weight is 860 g/mol. The Labute approximate surface area is 367 Å². The molecule has 0 radical (unpaired) electrons. The lowest BCUT2D eigenvalue weighted by Gasteiger charge is -2.20. The van der Waals surface area contributed by atoms with Crippen molar-refractivity contribution in [3.63, 3.8) is 0 Å². The molecule has 0 rings (SSSR count). The molecular formula is C50H102NO7P. The fraction of sp³-hybridized carbons (Fsp3) is 0.980. The van der Waals surface area contributed by atoms with Crippen LogP contribution in [0.3, 0.4) is 0 Å². The molecule has 0 saturated heterocycles. The van der Waals surface area contributed by atoms with Crippen LogP contribution >= 0.6 is 7.82 Å². The second-order valence-corrected chi connectivity index (χ2v) is 19.2. The summed E-state index contributed by atoms with van der Waals surface area (Å²) in [7, 11) is -4.27. The summed E-state index contributed by atoms with van der Waals surface area (Å²) >= 11 is 0. The molecule has 354 valence electrons. The highest BCUT2D eigenvalue weighted by molar-refractivity contribution is 7.47. The van der Waals surface area contributed by atoms with Gasteiger partial charge in [0.2, 0.25) is 0 Å². The van der Waals surface area contributed by atoms with Gasteiger partial charge >= 0.3 is 13.8 Å². The molecule has 0 saturated carbocycles. The van der Waals surface area contributed by atoms with Gasteiger partial charge in [-0.15, -0.1) is 0 Å². The fourth-order valence-electron chi connectivity index (χ4n) is 7.94. The molecule has 1 unspecified atom stereocenters. The van der Waals surface area contributed by atoms with Gasteiger partial charge < -0.3 is 20.1 Å². The van der Waals surface area contributed by atoms with Crippen molar-refractivity contribution in [2.24, 2.45) is 5.73 Å². The predicted octanol–water partition coefficient (Wildman–Crippen LogP) is 16.0. The topological polar surface area (TPSA) is 117 Å². The van der Waals surface area contributed by atoms with E-state index in [1.165, 1.54) is 225 Å². The molecule has 0 bridgehead atoms. The Bertz CT molecular complexity index is 878. The number of esters is 1. The molecule has 3 N–H and O–H groups in total. The first-order valence-electron chi connectivity index (χ1n) is 26.0. The summed E-state index contributed by atoms with van der Waals surface area (Å²) in [4.78, 5) is 22.6. The molecule has 0 aromatic carbocycles. The Balaban J connectivity index is 3.87. The average Bonchev–Trinajstić information content (AvgIpc) is 3.23. The molecule has 9 heteroatoms. The summed E-state index contributed by atoms with van der Waals surface area (Å²) in [6.07, 6.45) is 52.8. The number of unbranched alkanes of at least 4 members (excludes halogenated alkanes) is 38. The van der Waals surface area contributed by atoms with Gasteiger partial charge in [0.25, 0.3) is 0 Å². The maximum atomic E-state index is 12.7. The normalized spacial score (nSPS) is 13.2. The highest BCUT2D eigenvalue weighted by Gasteiger charge is 2.25. The monoisotopic (exact) mass is 860 g/mol. The molecule has 59 heavy (non-hydrogen) atoms. The lowest BCUT2D eigenvalue weighted by atomic mass is 10.0. The first-order valence-corrected chi connectivity index (χ1v) is 27.5. The summed E-state index contributed by atoms with van der Waals surface area (Å²) < 4.78 is 33.6. The molecule has 8 nitrogen and oxygen atoms in total. The highest BCUT2D eigenvalue weighted by Crippen LogP contribution is 2.43. The molecule has 0 amide bonds. The van der Waals surface area contributed by atoms with Crippen LogP contribution in [0.25, 0.3) is 0 Å². The maximum absolute atomic E-state index is 12.7. The third-order valence-electron chi connectivity index (χ3n) is 11.8. The van der Waals surface area contributed by atoms with Crippen LogP contribution in [0.15, 0.2) is 0 Å². The number of carbonyl (C=O) groups is 1. The van der Waals surface area contributed by atoms with Crippen molar-refractivity contribution in [1.29, 1.82) is 0 Å². The van der Waals surface area contributed by atoms with Crippen molar-refractivity contribution in [2.45, 2.75) is 283 Å². The van der Waals surface area contributed by atoms with Gasteiger partial charge in [-0.3, -0.25) is 13.8 Å². The maximum Gasteiger partial charge on any atom is 0.472 e. The van der Waals surface area contributed by atoms with E-state index < -0.39 is 13.9 Å². The second-order valence-electron chi connectivity index (χ2n) is 17.8. The molecule has 0 heterocycles. The van der Waals surface area contributed by atoms with E-state index >= 15 is 0 Å². The zero-order valence-electron chi connectivity index (χ0n) is 39.5. The van der Waals surface area contributed by atoms with E-state index in [4.69, 9.17) is 24.3 Å². The minimum absolute atomic E-state index is 0.0897. The van der Waals surface area contributed by atoms with Crippen molar-refractivity contribution in [1.82, 2.24) is 0 Å². The van der Waals surface area contributed by atoms with E-state index in [9.17, 15) is 14.3 Å². The van der Waals surface area contributed by atoms with Crippen LogP contribution in [0.4, 0.5) is 0 Å². The molecule has 0 aliphatic carbocycles. The summed E-state index contributed by atoms with van der Waals surface area (Å²) in [5.74, 6) is -0.320. The van der Waals surface area contributed by atoms with Crippen molar-refractivity contribution < 1.29 is 32.8 Å². The fourth-order valence-corrected chi connectivity index (χ4v) is 8.71. The van der Waals surface area contributed by atoms with E-state index in [2.05, 4.69) is 13.8 Å². The van der Waals surface area contributed by atoms with Crippen molar-refractivity contribution >= 4 is 13.8 Å². The zero-order valence-corrected chi connectivity index (χ0v) is 40.4. The molecule has 0 aliphatic heterocycles. The molecule has 2 atom stereocenters. The molecule has 0 aliphatic rings. The lowest BCUT2D eigenvalue weighted by Crippen LogP contribution is -2.28. The summed E-state index contributed by atoms with van der Waals surface area (Å²) in [5, 5.41) is 0. The number of carbonyl (C=O) groups excluding carboxylic acids is 1. The van der Waals surface area contributed by atoms with Crippen LogP contribution in [0, 0.1) is 0 Å². The number of phosphoric acid groups is 1. The Kier molecular flexibility index (Phi) is 48.1. The van der Waals surface area contributed by atoms with E-state index in [1.54, 1.807) is 0 Å². The Hall–Kier alpha value is -0.500. The molecular weight excluding hydrogens is 758 g/mol. The zero-order chi connectivity index (χ0) is 43.0. The standard InChI is InChI=1S/C50H102NO7P/c1-3-5-7-9-11-13-15-17-19-21-23-25-27-29-31-33-35-37-39-41-43-50(52)58-49(48-57-59(53,54)56-46-44-51)47-55-45-42-40-38-36-34-32-30-28-26-24-22-20-18-16-14-12-10-8-6-4-2/h49H,3-48,51H2,1-2H3,(H,53,54)/t49-/m1/s1. The van der Waals surface area contributed by atoms with Crippen LogP contribution in [0.5, 0.6) is 0 Å². The Morgan fingerprint density at radius 2 is 0.746 bits per heavy atom. The molecule has 0 spiro atoms. The predicted molar refractivity (Wildman–Crippen MR) is 252 cm³/mol. The van der Waals surface area contributed by atoms with Crippen molar-refractivity contribution in [3.8, 4) is 0 Å². The van der Waals surface area contributed by atoms with Crippen molar-refractivity contribution in [3.05, 3.63) is 0 Å². The summed E-state index contributed by atoms with van der Waals surface area (Å²) in [5.41, 5.74) is 5.39. The smallest absolute Gasteiger partial charge is 0.457 e. The van der Waals surface area contributed by atoms with Gasteiger partial charge in [-0.2, -0.15) is 0 Å². The van der Waals surface area contributed by atoms with Crippen molar-refractivity contribution in [2.75, 3.05) is 33.0 Å².